The molecule has 0 atom stereocenters. The van der Waals surface area contributed by atoms with Crippen LogP contribution in [0.15, 0.2) is 59.1 Å². The first-order valence-electron chi connectivity index (χ1n) is 8.32. The van der Waals surface area contributed by atoms with Crippen LogP contribution in [0.1, 0.15) is 18.7 Å². The average Bonchev–Trinajstić information content (AvgIpc) is 3.30. The molecule has 1 saturated heterocycles. The molecule has 3 aromatic rings. The van der Waals surface area contributed by atoms with E-state index in [1.54, 1.807) is 0 Å². The van der Waals surface area contributed by atoms with Gasteiger partial charge in [-0.25, -0.2) is 0 Å². The molecule has 6 nitrogen and oxygen atoms in total. The maximum Gasteiger partial charge on any atom is 0.246 e. The maximum atomic E-state index is 12.0. The fourth-order valence-corrected chi connectivity index (χ4v) is 2.96. The molecule has 2 heterocycles. The third-order valence-corrected chi connectivity index (χ3v) is 4.20. The number of nitrogens with zero attached hydrogens (tertiary/aromatic N) is 3. The Kier molecular flexibility index (Phi) is 4.16. The molecule has 0 unspecified atom stereocenters. The van der Waals surface area contributed by atoms with Gasteiger partial charge in [0.15, 0.2) is 0 Å². The highest BCUT2D eigenvalue weighted by Gasteiger charge is 2.23. The lowest BCUT2D eigenvalue weighted by atomic mass is 10.2. The summed E-state index contributed by atoms with van der Waals surface area (Å²) >= 11 is 0. The number of nitrogens with one attached hydrogen (secondary N) is 1. The highest BCUT2D eigenvalue weighted by atomic mass is 16.5. The largest absolute Gasteiger partial charge is 0.374 e. The van der Waals surface area contributed by atoms with Crippen LogP contribution in [0.3, 0.4) is 0 Å². The molecule has 1 fully saturated rings. The molecule has 1 aromatic heterocycles. The number of aromatic nitrogens is 2. The van der Waals surface area contributed by atoms with Gasteiger partial charge in [0.2, 0.25) is 17.6 Å². The van der Waals surface area contributed by atoms with Crippen molar-refractivity contribution in [2.45, 2.75) is 19.4 Å². The van der Waals surface area contributed by atoms with Gasteiger partial charge in [0, 0.05) is 18.5 Å². The second-order valence-corrected chi connectivity index (χ2v) is 5.90. The van der Waals surface area contributed by atoms with E-state index in [1.807, 2.05) is 59.5 Å². The molecular weight excluding hydrogens is 316 g/mol. The molecule has 1 aliphatic rings. The summed E-state index contributed by atoms with van der Waals surface area (Å²) in [5.41, 5.74) is 2.70. The van der Waals surface area contributed by atoms with Gasteiger partial charge >= 0.3 is 0 Å². The fourth-order valence-electron chi connectivity index (χ4n) is 2.96. The summed E-state index contributed by atoms with van der Waals surface area (Å²) in [4.78, 5) is 18.3. The Hall–Kier alpha value is -3.15. The zero-order chi connectivity index (χ0) is 17.1. The van der Waals surface area contributed by atoms with Crippen LogP contribution in [0.5, 0.6) is 0 Å². The van der Waals surface area contributed by atoms with Gasteiger partial charge in [-0.15, -0.1) is 0 Å². The molecule has 2 aromatic carbocycles. The zero-order valence-corrected chi connectivity index (χ0v) is 13.7. The maximum absolute atomic E-state index is 12.0. The summed E-state index contributed by atoms with van der Waals surface area (Å²) in [6.07, 6.45) is 1.51. The number of hydrogen-bond donors (Lipinski definition) is 1. The van der Waals surface area contributed by atoms with Crippen molar-refractivity contribution in [3.05, 3.63) is 60.5 Å². The first kappa shape index (κ1) is 15.4. The minimum absolute atomic E-state index is 0.165. The van der Waals surface area contributed by atoms with Gasteiger partial charge in [-0.05, 0) is 18.6 Å². The quantitative estimate of drug-likeness (QED) is 0.773. The van der Waals surface area contributed by atoms with E-state index in [1.165, 1.54) is 0 Å². The van der Waals surface area contributed by atoms with Crippen LogP contribution in [-0.2, 0) is 11.3 Å². The second kappa shape index (κ2) is 6.76. The summed E-state index contributed by atoms with van der Waals surface area (Å²) in [5, 5.41) is 7.32. The van der Waals surface area contributed by atoms with Gasteiger partial charge < -0.3 is 14.7 Å². The number of hydrogen-bond acceptors (Lipinski definition) is 5. The molecule has 0 saturated carbocycles. The van der Waals surface area contributed by atoms with Crippen LogP contribution in [0.2, 0.25) is 0 Å². The molecule has 0 radical (unpaired) electrons. The molecule has 25 heavy (non-hydrogen) atoms. The van der Waals surface area contributed by atoms with Gasteiger partial charge in [0.25, 0.3) is 0 Å². The average molecular weight is 334 g/mol. The summed E-state index contributed by atoms with van der Waals surface area (Å²) in [7, 11) is 0. The van der Waals surface area contributed by atoms with E-state index in [4.69, 9.17) is 4.52 Å². The van der Waals surface area contributed by atoms with Crippen molar-refractivity contribution in [1.29, 1.82) is 0 Å². The number of para-hydroxylation sites is 2. The Balaban J connectivity index is 1.49. The van der Waals surface area contributed by atoms with Crippen molar-refractivity contribution in [1.82, 2.24) is 10.1 Å². The smallest absolute Gasteiger partial charge is 0.246 e. The lowest BCUT2D eigenvalue weighted by Gasteiger charge is -2.19. The van der Waals surface area contributed by atoms with Crippen LogP contribution in [0.25, 0.3) is 11.4 Å². The van der Waals surface area contributed by atoms with Crippen LogP contribution < -0.4 is 10.2 Å². The van der Waals surface area contributed by atoms with E-state index in [-0.39, 0.29) is 5.91 Å². The van der Waals surface area contributed by atoms with Gasteiger partial charge in [-0.3, -0.25) is 4.79 Å². The molecule has 6 heteroatoms. The number of amides is 1. The number of rotatable bonds is 5. The Morgan fingerprint density at radius 3 is 2.68 bits per heavy atom. The second-order valence-electron chi connectivity index (χ2n) is 5.90. The van der Waals surface area contributed by atoms with Gasteiger partial charge in [-0.1, -0.05) is 47.6 Å². The Labute approximate surface area is 145 Å². The monoisotopic (exact) mass is 334 g/mol. The lowest BCUT2D eigenvalue weighted by molar-refractivity contribution is -0.117. The molecular formula is C19H18N4O2. The molecule has 1 aliphatic heterocycles. The highest BCUT2D eigenvalue weighted by Crippen LogP contribution is 2.29. The molecule has 1 amide bonds. The van der Waals surface area contributed by atoms with Crippen molar-refractivity contribution in [2.24, 2.45) is 0 Å². The van der Waals surface area contributed by atoms with Crippen molar-refractivity contribution < 1.29 is 9.32 Å². The van der Waals surface area contributed by atoms with E-state index >= 15 is 0 Å². The van der Waals surface area contributed by atoms with Crippen LogP contribution >= 0.6 is 0 Å². The molecule has 1 N–H and O–H groups in total. The lowest BCUT2D eigenvalue weighted by Crippen LogP contribution is -2.24. The van der Waals surface area contributed by atoms with E-state index in [0.717, 1.165) is 29.9 Å². The molecule has 0 spiro atoms. The predicted octanol–water partition coefficient (Wildman–Crippen LogP) is 3.48. The van der Waals surface area contributed by atoms with Gasteiger partial charge in [0.1, 0.15) is 0 Å². The Morgan fingerprint density at radius 2 is 1.88 bits per heavy atom. The summed E-state index contributed by atoms with van der Waals surface area (Å²) in [6, 6.07) is 17.5. The summed E-state index contributed by atoms with van der Waals surface area (Å²) in [5.74, 6) is 1.24. The van der Waals surface area contributed by atoms with E-state index in [9.17, 15) is 4.79 Å². The van der Waals surface area contributed by atoms with Crippen molar-refractivity contribution in [3.8, 4) is 11.4 Å². The van der Waals surface area contributed by atoms with Gasteiger partial charge in [-0.2, -0.15) is 4.98 Å². The number of carbonyl (C=O) groups excluding carboxylic acids is 1. The van der Waals surface area contributed by atoms with E-state index in [2.05, 4.69) is 15.5 Å². The van der Waals surface area contributed by atoms with Crippen LogP contribution in [0.4, 0.5) is 11.4 Å². The Bertz CT molecular complexity index is 876. The minimum atomic E-state index is 0.165. The zero-order valence-electron chi connectivity index (χ0n) is 13.7. The first-order valence-corrected chi connectivity index (χ1v) is 8.32. The highest BCUT2D eigenvalue weighted by molar-refractivity contribution is 5.98. The third-order valence-electron chi connectivity index (χ3n) is 4.20. The van der Waals surface area contributed by atoms with Crippen LogP contribution in [-0.4, -0.2) is 22.6 Å². The predicted molar refractivity (Wildman–Crippen MR) is 95.1 cm³/mol. The summed E-state index contributed by atoms with van der Waals surface area (Å²) < 4.78 is 5.32. The van der Waals surface area contributed by atoms with E-state index < -0.39 is 0 Å². The number of anilines is 2. The van der Waals surface area contributed by atoms with Crippen molar-refractivity contribution in [2.75, 3.05) is 16.8 Å². The SMILES string of the molecule is O=C1CCCN1c1ccccc1NCc1nc(-c2ccccc2)no1. The number of benzene rings is 2. The minimum Gasteiger partial charge on any atom is -0.374 e. The normalized spacial score (nSPS) is 14.1. The molecule has 126 valence electrons. The Morgan fingerprint density at radius 1 is 1.08 bits per heavy atom. The van der Waals surface area contributed by atoms with Crippen LogP contribution in [0, 0.1) is 0 Å². The number of carbonyl (C=O) groups is 1. The van der Waals surface area contributed by atoms with E-state index in [0.29, 0.717) is 24.7 Å². The molecule has 0 aliphatic carbocycles. The third kappa shape index (κ3) is 3.24. The fraction of sp³-hybridized carbons (Fsp3) is 0.211. The van der Waals surface area contributed by atoms with Crippen molar-refractivity contribution in [3.63, 3.8) is 0 Å². The summed E-state index contributed by atoms with van der Waals surface area (Å²) in [6.45, 7) is 1.16. The first-order chi connectivity index (χ1) is 12.3. The van der Waals surface area contributed by atoms with Crippen molar-refractivity contribution >= 4 is 17.3 Å². The molecule has 0 bridgehead atoms. The molecule has 4 rings (SSSR count). The standard InChI is InChI=1S/C19H18N4O2/c24-18-11-6-12-23(18)16-10-5-4-9-15(16)20-13-17-21-19(22-25-17)14-7-2-1-3-8-14/h1-5,7-10,20H,6,11-13H2. The van der Waals surface area contributed by atoms with Gasteiger partial charge in [0.05, 0.1) is 17.9 Å². The topological polar surface area (TPSA) is 71.3 Å².